The average molecular weight is 471 g/mol. The van der Waals surface area contributed by atoms with Crippen LogP contribution < -0.4 is 5.32 Å². The van der Waals surface area contributed by atoms with E-state index in [4.69, 9.17) is 4.74 Å². The van der Waals surface area contributed by atoms with E-state index in [2.05, 4.69) is 17.4 Å². The molecular formula is C28H26N2O5. The van der Waals surface area contributed by atoms with Gasteiger partial charge in [-0.2, -0.15) is 0 Å². The zero-order chi connectivity index (χ0) is 24.5. The molecule has 0 fully saturated rings. The maximum Gasteiger partial charge on any atom is 0.407 e. The van der Waals surface area contributed by atoms with Crippen LogP contribution in [0.1, 0.15) is 35.1 Å². The minimum atomic E-state index is -1.07. The molecule has 5 rings (SSSR count). The van der Waals surface area contributed by atoms with Crippen LogP contribution in [-0.4, -0.2) is 46.7 Å². The second-order valence-corrected chi connectivity index (χ2v) is 8.98. The van der Waals surface area contributed by atoms with Crippen molar-refractivity contribution in [3.63, 3.8) is 0 Å². The van der Waals surface area contributed by atoms with Crippen molar-refractivity contribution in [1.29, 1.82) is 0 Å². The lowest BCUT2D eigenvalue weighted by Crippen LogP contribution is -2.54. The number of hydrogen-bond donors (Lipinski definition) is 2. The number of carboxylic acid groups (broad SMARTS) is 1. The van der Waals surface area contributed by atoms with Crippen LogP contribution in [0.4, 0.5) is 4.79 Å². The van der Waals surface area contributed by atoms with Crippen LogP contribution >= 0.6 is 0 Å². The van der Waals surface area contributed by atoms with Gasteiger partial charge in [-0.25, -0.2) is 9.59 Å². The molecule has 3 aromatic carbocycles. The highest BCUT2D eigenvalue weighted by molar-refractivity contribution is 5.89. The van der Waals surface area contributed by atoms with Gasteiger partial charge in [-0.1, -0.05) is 72.8 Å². The number of nitrogens with one attached hydrogen (secondary N) is 1. The predicted molar refractivity (Wildman–Crippen MR) is 130 cm³/mol. The number of benzene rings is 3. The summed E-state index contributed by atoms with van der Waals surface area (Å²) in [5.74, 6) is -1.62. The SMILES string of the molecule is C[C@@H](NC(=O)OCC1c2ccccc2-c2ccccc21)C(=O)N1Cc2ccccc2C[C@H]1C(=O)O. The third-order valence-electron chi connectivity index (χ3n) is 6.87. The van der Waals surface area contributed by atoms with Crippen molar-refractivity contribution < 1.29 is 24.2 Å². The Morgan fingerprint density at radius 3 is 2.14 bits per heavy atom. The zero-order valence-electron chi connectivity index (χ0n) is 19.3. The van der Waals surface area contributed by atoms with E-state index < -0.39 is 30.1 Å². The number of ether oxygens (including phenoxy) is 1. The predicted octanol–water partition coefficient (Wildman–Crippen LogP) is 3.95. The van der Waals surface area contributed by atoms with Crippen molar-refractivity contribution in [2.24, 2.45) is 0 Å². The van der Waals surface area contributed by atoms with Crippen molar-refractivity contribution in [2.45, 2.75) is 37.9 Å². The molecule has 2 amide bonds. The van der Waals surface area contributed by atoms with E-state index >= 15 is 0 Å². The van der Waals surface area contributed by atoms with Gasteiger partial charge in [-0.3, -0.25) is 4.79 Å². The van der Waals surface area contributed by atoms with Gasteiger partial charge in [-0.15, -0.1) is 0 Å². The van der Waals surface area contributed by atoms with Crippen LogP contribution in [0.3, 0.4) is 0 Å². The number of carbonyl (C=O) groups is 3. The molecule has 0 spiro atoms. The normalized spacial score (nSPS) is 17.1. The van der Waals surface area contributed by atoms with E-state index in [-0.39, 0.29) is 25.5 Å². The summed E-state index contributed by atoms with van der Waals surface area (Å²) < 4.78 is 5.54. The maximum absolute atomic E-state index is 13.1. The summed E-state index contributed by atoms with van der Waals surface area (Å²) in [6, 6.07) is 21.7. The molecule has 0 unspecified atom stereocenters. The van der Waals surface area contributed by atoms with Crippen molar-refractivity contribution in [1.82, 2.24) is 10.2 Å². The Kier molecular flexibility index (Phi) is 5.99. The highest BCUT2D eigenvalue weighted by Gasteiger charge is 2.37. The van der Waals surface area contributed by atoms with E-state index in [0.717, 1.165) is 33.4 Å². The molecule has 7 heteroatoms. The van der Waals surface area contributed by atoms with Crippen molar-refractivity contribution in [3.05, 3.63) is 95.1 Å². The minimum Gasteiger partial charge on any atom is -0.480 e. The second-order valence-electron chi connectivity index (χ2n) is 8.98. The molecule has 7 nitrogen and oxygen atoms in total. The van der Waals surface area contributed by atoms with Gasteiger partial charge < -0.3 is 20.1 Å². The molecule has 178 valence electrons. The third-order valence-corrected chi connectivity index (χ3v) is 6.87. The van der Waals surface area contributed by atoms with E-state index in [1.165, 1.54) is 4.90 Å². The maximum atomic E-state index is 13.1. The Balaban J connectivity index is 1.24. The number of aliphatic carboxylic acids is 1. The Hall–Kier alpha value is -4.13. The number of nitrogens with zero attached hydrogens (tertiary/aromatic N) is 1. The van der Waals surface area contributed by atoms with Crippen LogP contribution in [0.5, 0.6) is 0 Å². The molecule has 0 bridgehead atoms. The first-order valence-corrected chi connectivity index (χ1v) is 11.7. The molecule has 2 atom stereocenters. The largest absolute Gasteiger partial charge is 0.480 e. The molecule has 1 heterocycles. The van der Waals surface area contributed by atoms with E-state index in [0.29, 0.717) is 0 Å². The smallest absolute Gasteiger partial charge is 0.407 e. The standard InChI is InChI=1S/C28H26N2O5/c1-17(26(31)30-15-19-9-3-2-8-18(19)14-25(30)27(32)33)29-28(34)35-16-24-22-12-6-4-10-20(22)21-11-5-7-13-23(21)24/h2-13,17,24-25H,14-16H2,1H3,(H,29,34)(H,32,33)/t17-,25+/m1/s1. The Morgan fingerprint density at radius 2 is 1.51 bits per heavy atom. The first-order valence-electron chi connectivity index (χ1n) is 11.7. The Bertz CT molecular complexity index is 1260. The molecule has 0 saturated carbocycles. The number of amides is 2. The van der Waals surface area contributed by atoms with Gasteiger partial charge in [0.05, 0.1) is 0 Å². The summed E-state index contributed by atoms with van der Waals surface area (Å²) >= 11 is 0. The molecular weight excluding hydrogens is 444 g/mol. The molecule has 1 aliphatic heterocycles. The number of carbonyl (C=O) groups excluding carboxylic acids is 2. The number of fused-ring (bicyclic) bond motifs is 4. The summed E-state index contributed by atoms with van der Waals surface area (Å²) in [5.41, 5.74) is 6.29. The molecule has 0 saturated heterocycles. The molecule has 1 aliphatic carbocycles. The molecule has 2 aliphatic rings. The molecule has 0 aromatic heterocycles. The highest BCUT2D eigenvalue weighted by Crippen LogP contribution is 2.44. The highest BCUT2D eigenvalue weighted by atomic mass is 16.5. The lowest BCUT2D eigenvalue weighted by molar-refractivity contribution is -0.152. The van der Waals surface area contributed by atoms with Gasteiger partial charge in [-0.05, 0) is 40.3 Å². The molecule has 35 heavy (non-hydrogen) atoms. The summed E-state index contributed by atoms with van der Waals surface area (Å²) in [5, 5.41) is 12.3. The van der Waals surface area contributed by atoms with Crippen LogP contribution in [-0.2, 0) is 27.3 Å². The first kappa shape index (κ1) is 22.7. The molecule has 0 radical (unpaired) electrons. The van der Waals surface area contributed by atoms with Gasteiger partial charge in [0.1, 0.15) is 18.7 Å². The van der Waals surface area contributed by atoms with E-state index in [1.807, 2.05) is 60.7 Å². The van der Waals surface area contributed by atoms with Crippen LogP contribution in [0.15, 0.2) is 72.8 Å². The van der Waals surface area contributed by atoms with Crippen molar-refractivity contribution >= 4 is 18.0 Å². The van der Waals surface area contributed by atoms with Crippen LogP contribution in [0.25, 0.3) is 11.1 Å². The average Bonchev–Trinajstić information content (AvgIpc) is 3.19. The van der Waals surface area contributed by atoms with Gasteiger partial charge in [0.25, 0.3) is 0 Å². The number of hydrogen-bond acceptors (Lipinski definition) is 4. The topological polar surface area (TPSA) is 95.9 Å². The third kappa shape index (κ3) is 4.25. The van der Waals surface area contributed by atoms with Crippen LogP contribution in [0.2, 0.25) is 0 Å². The van der Waals surface area contributed by atoms with E-state index in [1.54, 1.807) is 6.92 Å². The summed E-state index contributed by atoms with van der Waals surface area (Å²) in [6.45, 7) is 1.86. The van der Waals surface area contributed by atoms with Crippen molar-refractivity contribution in [3.8, 4) is 11.1 Å². The zero-order valence-corrected chi connectivity index (χ0v) is 19.3. The fourth-order valence-corrected chi connectivity index (χ4v) is 5.10. The fourth-order valence-electron chi connectivity index (χ4n) is 5.10. The lowest BCUT2D eigenvalue weighted by Gasteiger charge is -2.36. The van der Waals surface area contributed by atoms with Gasteiger partial charge in [0.2, 0.25) is 5.91 Å². The summed E-state index contributed by atoms with van der Waals surface area (Å²) in [6.07, 6.45) is -0.480. The van der Waals surface area contributed by atoms with Gasteiger partial charge in [0.15, 0.2) is 0 Å². The molecule has 3 aromatic rings. The van der Waals surface area contributed by atoms with E-state index in [9.17, 15) is 19.5 Å². The molecule has 2 N–H and O–H groups in total. The summed E-state index contributed by atoms with van der Waals surface area (Å²) in [7, 11) is 0. The Morgan fingerprint density at radius 1 is 0.943 bits per heavy atom. The fraction of sp³-hybridized carbons (Fsp3) is 0.250. The van der Waals surface area contributed by atoms with Crippen LogP contribution in [0, 0.1) is 0 Å². The Labute approximate surface area is 203 Å². The number of carboxylic acids is 1. The monoisotopic (exact) mass is 470 g/mol. The number of rotatable bonds is 5. The second kappa shape index (κ2) is 9.25. The minimum absolute atomic E-state index is 0.0888. The van der Waals surface area contributed by atoms with Crippen molar-refractivity contribution in [2.75, 3.05) is 6.61 Å². The van der Waals surface area contributed by atoms with Gasteiger partial charge in [0, 0.05) is 18.9 Å². The lowest BCUT2D eigenvalue weighted by atomic mass is 9.93. The summed E-state index contributed by atoms with van der Waals surface area (Å²) in [4.78, 5) is 38.9. The number of alkyl carbamates (subject to hydrolysis) is 1. The quantitative estimate of drug-likeness (QED) is 0.589. The van der Waals surface area contributed by atoms with Gasteiger partial charge >= 0.3 is 12.1 Å². The first-order chi connectivity index (χ1) is 16.9.